The summed E-state index contributed by atoms with van der Waals surface area (Å²) in [5.41, 5.74) is 0. The van der Waals surface area contributed by atoms with Gasteiger partial charge in [0.05, 0.1) is 12.0 Å². The van der Waals surface area contributed by atoms with Crippen molar-refractivity contribution in [1.82, 2.24) is 0 Å². The maximum Gasteiger partial charge on any atom is 0.0697 e. The lowest BCUT2D eigenvalue weighted by molar-refractivity contribution is 0.631. The van der Waals surface area contributed by atoms with Crippen LogP contribution in [-0.2, 0) is 0 Å². The van der Waals surface area contributed by atoms with Crippen molar-refractivity contribution in [2.24, 2.45) is 5.92 Å². The van der Waals surface area contributed by atoms with Crippen LogP contribution >= 0.6 is 0 Å². The molecule has 0 rings (SSSR count). The van der Waals surface area contributed by atoms with Crippen molar-refractivity contribution in [2.45, 2.75) is 25.7 Å². The van der Waals surface area contributed by atoms with Crippen LogP contribution in [0.4, 0.5) is 0 Å². The molecule has 0 fully saturated rings. The lowest BCUT2D eigenvalue weighted by Crippen LogP contribution is -1.90. The second kappa shape index (κ2) is 6.35. The summed E-state index contributed by atoms with van der Waals surface area (Å²) < 4.78 is 0. The lowest BCUT2D eigenvalue weighted by Gasteiger charge is -1.99. The van der Waals surface area contributed by atoms with Crippen LogP contribution < -0.4 is 0 Å². The first-order valence-electron chi connectivity index (χ1n) is 3.66. The fourth-order valence-corrected chi connectivity index (χ4v) is 0.776. The summed E-state index contributed by atoms with van der Waals surface area (Å²) >= 11 is 0. The molecule has 0 heterocycles. The molecule has 1 unspecified atom stereocenters. The van der Waals surface area contributed by atoms with E-state index in [2.05, 4.69) is 19.6 Å². The Bertz CT molecular complexity index is 121. The summed E-state index contributed by atoms with van der Waals surface area (Å²) in [7, 11) is 0. The number of rotatable bonds is 5. The van der Waals surface area contributed by atoms with Crippen molar-refractivity contribution in [3.8, 4) is 6.07 Å². The first-order chi connectivity index (χ1) is 4.85. The van der Waals surface area contributed by atoms with Crippen LogP contribution in [0.2, 0.25) is 0 Å². The Morgan fingerprint density at radius 1 is 1.50 bits per heavy atom. The molecule has 0 aliphatic rings. The molecule has 0 spiro atoms. The molecule has 0 saturated heterocycles. The zero-order valence-corrected chi connectivity index (χ0v) is 6.34. The number of allylic oxidation sites excluding steroid dienone is 1. The van der Waals surface area contributed by atoms with Crippen molar-refractivity contribution in [3.63, 3.8) is 0 Å². The average molecular weight is 136 g/mol. The van der Waals surface area contributed by atoms with E-state index in [4.69, 9.17) is 5.26 Å². The van der Waals surface area contributed by atoms with Crippen molar-refractivity contribution in [3.05, 3.63) is 19.6 Å². The Morgan fingerprint density at radius 3 is 2.60 bits per heavy atom. The van der Waals surface area contributed by atoms with Gasteiger partial charge in [0.25, 0.3) is 0 Å². The summed E-state index contributed by atoms with van der Waals surface area (Å²) in [6.45, 7) is 7.30. The number of hydrogen-bond donors (Lipinski definition) is 0. The Kier molecular flexibility index (Phi) is 5.86. The number of unbranched alkanes of at least 4 members (excludes halogenated alkanes) is 2. The SMILES string of the molecule is [CH2]CCCCC(C#N)C=C. The summed E-state index contributed by atoms with van der Waals surface area (Å²) in [4.78, 5) is 0. The van der Waals surface area contributed by atoms with Gasteiger partial charge in [0.2, 0.25) is 0 Å². The fourth-order valence-electron chi connectivity index (χ4n) is 0.776. The van der Waals surface area contributed by atoms with E-state index in [0.717, 1.165) is 25.7 Å². The third kappa shape index (κ3) is 4.14. The third-order valence-electron chi connectivity index (χ3n) is 1.47. The predicted octanol–water partition coefficient (Wildman–Crippen LogP) is 2.71. The Morgan fingerprint density at radius 2 is 2.20 bits per heavy atom. The highest BCUT2D eigenvalue weighted by atomic mass is 14.3. The highest BCUT2D eigenvalue weighted by Gasteiger charge is 1.99. The van der Waals surface area contributed by atoms with E-state index in [1.54, 1.807) is 6.08 Å². The molecule has 1 atom stereocenters. The van der Waals surface area contributed by atoms with Gasteiger partial charge in [-0.05, 0) is 6.42 Å². The van der Waals surface area contributed by atoms with Crippen molar-refractivity contribution in [1.29, 1.82) is 5.26 Å². The Hall–Kier alpha value is -0.770. The number of nitriles is 1. The molecule has 0 aromatic rings. The van der Waals surface area contributed by atoms with E-state index in [1.165, 1.54) is 0 Å². The standard InChI is InChI=1S/C9H14N/c1-3-5-6-7-9(4-2)8-10/h4,9H,1-3,5-7H2. The molecule has 1 radical (unpaired) electrons. The van der Waals surface area contributed by atoms with Gasteiger partial charge in [-0.3, -0.25) is 0 Å². The topological polar surface area (TPSA) is 23.8 Å². The van der Waals surface area contributed by atoms with E-state index in [1.807, 2.05) is 0 Å². The molecule has 0 bridgehead atoms. The van der Waals surface area contributed by atoms with Crippen LogP contribution in [0.3, 0.4) is 0 Å². The van der Waals surface area contributed by atoms with Crippen LogP contribution in [-0.4, -0.2) is 0 Å². The van der Waals surface area contributed by atoms with E-state index in [0.29, 0.717) is 0 Å². The molecule has 0 aliphatic carbocycles. The summed E-state index contributed by atoms with van der Waals surface area (Å²) in [5.74, 6) is 0.0477. The van der Waals surface area contributed by atoms with Crippen LogP contribution in [0.5, 0.6) is 0 Å². The zero-order chi connectivity index (χ0) is 7.82. The van der Waals surface area contributed by atoms with Crippen molar-refractivity contribution < 1.29 is 0 Å². The van der Waals surface area contributed by atoms with Gasteiger partial charge in [-0.2, -0.15) is 5.26 Å². The fraction of sp³-hybridized carbons (Fsp3) is 0.556. The van der Waals surface area contributed by atoms with Gasteiger partial charge >= 0.3 is 0 Å². The second-order valence-electron chi connectivity index (χ2n) is 2.32. The van der Waals surface area contributed by atoms with Gasteiger partial charge in [-0.15, -0.1) is 6.58 Å². The van der Waals surface area contributed by atoms with Crippen LogP contribution in [0.1, 0.15) is 25.7 Å². The minimum atomic E-state index is 0.0477. The van der Waals surface area contributed by atoms with Crippen LogP contribution in [0.15, 0.2) is 12.7 Å². The van der Waals surface area contributed by atoms with E-state index < -0.39 is 0 Å². The maximum absolute atomic E-state index is 8.49. The molecule has 0 aromatic carbocycles. The molecule has 0 saturated carbocycles. The molecule has 0 amide bonds. The molecule has 0 aliphatic heterocycles. The summed E-state index contributed by atoms with van der Waals surface area (Å²) in [6, 6.07) is 2.17. The van der Waals surface area contributed by atoms with Gasteiger partial charge in [0.15, 0.2) is 0 Å². The normalized spacial score (nSPS) is 12.0. The van der Waals surface area contributed by atoms with E-state index in [-0.39, 0.29) is 5.92 Å². The highest BCUT2D eigenvalue weighted by Crippen LogP contribution is 2.08. The summed E-state index contributed by atoms with van der Waals surface area (Å²) in [6.07, 6.45) is 5.83. The average Bonchev–Trinajstić information content (AvgIpc) is 1.99. The Labute approximate surface area is 63.4 Å². The number of hydrogen-bond acceptors (Lipinski definition) is 1. The van der Waals surface area contributed by atoms with E-state index in [9.17, 15) is 0 Å². The largest absolute Gasteiger partial charge is 0.198 e. The van der Waals surface area contributed by atoms with Crippen molar-refractivity contribution >= 4 is 0 Å². The molecule has 10 heavy (non-hydrogen) atoms. The van der Waals surface area contributed by atoms with Gasteiger partial charge in [-0.25, -0.2) is 0 Å². The quantitative estimate of drug-likeness (QED) is 0.421. The van der Waals surface area contributed by atoms with Crippen LogP contribution in [0.25, 0.3) is 0 Å². The number of nitrogens with zero attached hydrogens (tertiary/aromatic N) is 1. The maximum atomic E-state index is 8.49. The minimum Gasteiger partial charge on any atom is -0.198 e. The molecular weight excluding hydrogens is 122 g/mol. The van der Waals surface area contributed by atoms with Gasteiger partial charge in [0, 0.05) is 0 Å². The third-order valence-corrected chi connectivity index (χ3v) is 1.47. The Balaban J connectivity index is 3.28. The smallest absolute Gasteiger partial charge is 0.0697 e. The van der Waals surface area contributed by atoms with Gasteiger partial charge in [0.1, 0.15) is 0 Å². The highest BCUT2D eigenvalue weighted by molar-refractivity contribution is 4.94. The van der Waals surface area contributed by atoms with E-state index >= 15 is 0 Å². The minimum absolute atomic E-state index is 0.0477. The van der Waals surface area contributed by atoms with Gasteiger partial charge < -0.3 is 0 Å². The lowest BCUT2D eigenvalue weighted by atomic mass is 10.0. The van der Waals surface area contributed by atoms with Crippen molar-refractivity contribution in [2.75, 3.05) is 0 Å². The monoisotopic (exact) mass is 136 g/mol. The second-order valence-corrected chi connectivity index (χ2v) is 2.32. The molecule has 0 N–H and O–H groups in total. The molecule has 1 nitrogen and oxygen atoms in total. The van der Waals surface area contributed by atoms with Gasteiger partial charge in [-0.1, -0.05) is 32.3 Å². The first-order valence-corrected chi connectivity index (χ1v) is 3.66. The predicted molar refractivity (Wildman–Crippen MR) is 43.1 cm³/mol. The molecule has 1 heteroatoms. The molecular formula is C9H14N. The molecule has 55 valence electrons. The summed E-state index contributed by atoms with van der Waals surface area (Å²) in [5, 5.41) is 8.49. The molecule has 0 aromatic heterocycles. The van der Waals surface area contributed by atoms with Crippen LogP contribution in [0, 0.1) is 24.2 Å². The first kappa shape index (κ1) is 9.23. The zero-order valence-electron chi connectivity index (χ0n) is 6.34.